The summed E-state index contributed by atoms with van der Waals surface area (Å²) in [6.45, 7) is 0. The van der Waals surface area contributed by atoms with E-state index in [1.165, 1.54) is 51.4 Å². The van der Waals surface area contributed by atoms with Crippen molar-refractivity contribution in [1.29, 1.82) is 0 Å². The van der Waals surface area contributed by atoms with Crippen molar-refractivity contribution in [3.05, 3.63) is 109 Å². The lowest BCUT2D eigenvalue weighted by atomic mass is 9.62. The highest BCUT2D eigenvalue weighted by Crippen LogP contribution is 2.66. The van der Waals surface area contributed by atoms with Crippen LogP contribution in [0.15, 0.2) is 109 Å². The van der Waals surface area contributed by atoms with E-state index in [1.807, 2.05) is 0 Å². The van der Waals surface area contributed by atoms with E-state index in [4.69, 9.17) is 0 Å². The summed E-state index contributed by atoms with van der Waals surface area (Å²) in [4.78, 5) is 0. The zero-order valence-corrected chi connectivity index (χ0v) is 35.8. The largest absolute Gasteiger partial charge is 0.0848 e. The van der Waals surface area contributed by atoms with Gasteiger partial charge in [0.2, 0.25) is 0 Å². The maximum Gasteiger partial charge on any atom is -0.00445 e. The third kappa shape index (κ3) is 5.25. The molecule has 0 heteroatoms. The summed E-state index contributed by atoms with van der Waals surface area (Å²) in [6.07, 6.45) is 64.9. The average Bonchev–Trinajstić information content (AvgIpc) is 4.12. The number of hydrogen-bond donors (Lipinski definition) is 0. The lowest BCUT2D eigenvalue weighted by molar-refractivity contribution is 0.0961. The zero-order valence-electron chi connectivity index (χ0n) is 35.8. The molecule has 16 bridgehead atoms. The minimum atomic E-state index is 0.810. The van der Waals surface area contributed by atoms with Gasteiger partial charge in [0.05, 0.1) is 0 Å². The minimum absolute atomic E-state index is 0.810. The van der Waals surface area contributed by atoms with E-state index in [1.54, 1.807) is 32.1 Å². The molecule has 0 nitrogen and oxygen atoms in total. The lowest BCUT2D eigenvalue weighted by Gasteiger charge is -2.43. The predicted molar refractivity (Wildman–Crippen MR) is 240 cm³/mol. The van der Waals surface area contributed by atoms with Crippen molar-refractivity contribution in [2.24, 2.45) is 166 Å². The van der Waals surface area contributed by atoms with E-state index < -0.39 is 0 Å². The smallest absolute Gasteiger partial charge is 0.00445 e. The Kier molecular flexibility index (Phi) is 7.81. The van der Waals surface area contributed by atoms with Crippen LogP contribution in [0.4, 0.5) is 0 Å². The van der Waals surface area contributed by atoms with E-state index in [-0.39, 0.29) is 0 Å². The molecule has 9 saturated carbocycles. The minimum Gasteiger partial charge on any atom is -0.0848 e. The molecule has 59 heavy (non-hydrogen) atoms. The molecule has 9 fully saturated rings. The third-order valence-electron chi connectivity index (χ3n) is 23.2. The van der Waals surface area contributed by atoms with Crippen molar-refractivity contribution < 1.29 is 0 Å². The summed E-state index contributed by atoms with van der Waals surface area (Å²) < 4.78 is 0. The summed E-state index contributed by atoms with van der Waals surface area (Å²) in [6, 6.07) is 0. The first kappa shape index (κ1) is 35.2. The first-order chi connectivity index (χ1) is 29.1. The van der Waals surface area contributed by atoms with Crippen molar-refractivity contribution in [2.45, 2.75) is 83.5 Å². The van der Waals surface area contributed by atoms with Crippen LogP contribution in [0, 0.1) is 166 Å². The van der Waals surface area contributed by atoms with Gasteiger partial charge in [-0.3, -0.25) is 0 Å². The fraction of sp³-hybridized carbons (Fsp3) is 0.695. The van der Waals surface area contributed by atoms with Crippen LogP contribution >= 0.6 is 0 Å². The Labute approximate surface area is 357 Å². The molecule has 0 amide bonds. The Bertz CT molecular complexity index is 1700. The summed E-state index contributed by atoms with van der Waals surface area (Å²) >= 11 is 0. The standard InChI is InChI=1S/C24H30.C16H20.C12H14.C7H8/c1-2-14-7-13(1)19-10-21-15-3-4-17(8-15)23(21)12-24-18-6-5-16(9-18)22(24)11-20(14)19;1-2-10-5-9(1)13-7-15-11-3-4-12(6-11)16(15)8-14(10)13;1-2-8-5-7(1)11-9-3-4-10(6-9)12(8)11;1-2-7-4-3-6(1)5-7/h1-6,13-24H,7-12H2;1-4,9-16H,5-8H2;1-4,7-12H,5-6H2;1-4,6-7H,5H2. The van der Waals surface area contributed by atoms with Gasteiger partial charge >= 0.3 is 0 Å². The number of allylic oxidation sites excluding steroid dienone is 18. The second-order valence-electron chi connectivity index (χ2n) is 24.9. The highest BCUT2D eigenvalue weighted by atomic mass is 14.6. The van der Waals surface area contributed by atoms with E-state index in [0.717, 1.165) is 166 Å². The summed E-state index contributed by atoms with van der Waals surface area (Å²) in [5.74, 6) is 27.9. The lowest BCUT2D eigenvalue weighted by Crippen LogP contribution is -2.35. The maximum absolute atomic E-state index is 2.62. The van der Waals surface area contributed by atoms with Gasteiger partial charge in [-0.15, -0.1) is 0 Å². The molecule has 0 saturated heterocycles. The Balaban J connectivity index is 0.0000000819. The topological polar surface area (TPSA) is 0 Å². The maximum atomic E-state index is 2.62. The van der Waals surface area contributed by atoms with Crippen LogP contribution in [0.3, 0.4) is 0 Å². The molecule has 0 aromatic carbocycles. The molecular formula is C59H72. The van der Waals surface area contributed by atoms with Crippen LogP contribution < -0.4 is 0 Å². The van der Waals surface area contributed by atoms with Crippen molar-refractivity contribution in [3.8, 4) is 0 Å². The summed E-state index contributed by atoms with van der Waals surface area (Å²) in [7, 11) is 0. The fourth-order valence-corrected chi connectivity index (χ4v) is 21.0. The molecule has 0 aliphatic heterocycles. The molecule has 308 valence electrons. The van der Waals surface area contributed by atoms with Gasteiger partial charge in [0.25, 0.3) is 0 Å². The van der Waals surface area contributed by atoms with Crippen LogP contribution in [0.1, 0.15) is 83.5 Å². The molecule has 24 unspecified atom stereocenters. The van der Waals surface area contributed by atoms with Gasteiger partial charge in [0.1, 0.15) is 0 Å². The second-order valence-corrected chi connectivity index (χ2v) is 24.9. The first-order valence-electron chi connectivity index (χ1n) is 26.3. The molecule has 0 aromatic rings. The third-order valence-corrected chi connectivity index (χ3v) is 23.2. The van der Waals surface area contributed by atoms with E-state index >= 15 is 0 Å². The van der Waals surface area contributed by atoms with E-state index in [2.05, 4.69) is 109 Å². The summed E-state index contributed by atoms with van der Waals surface area (Å²) in [5.41, 5.74) is 0. The van der Waals surface area contributed by atoms with Gasteiger partial charge in [-0.25, -0.2) is 0 Å². The fourth-order valence-electron chi connectivity index (χ4n) is 21.0. The molecule has 24 atom stereocenters. The predicted octanol–water partition coefficient (Wildman–Crippen LogP) is 13.5. The van der Waals surface area contributed by atoms with E-state index in [0.29, 0.717) is 0 Å². The number of rotatable bonds is 0. The van der Waals surface area contributed by atoms with Gasteiger partial charge in [-0.2, -0.15) is 0 Å². The molecule has 0 heterocycles. The van der Waals surface area contributed by atoms with Crippen molar-refractivity contribution in [3.63, 3.8) is 0 Å². The monoisotopic (exact) mass is 781 g/mol. The number of fused-ring (bicyclic) bond motifs is 36. The second kappa shape index (κ2) is 13.1. The molecule has 18 rings (SSSR count). The Hall–Kier alpha value is -2.34. The van der Waals surface area contributed by atoms with Crippen LogP contribution in [0.2, 0.25) is 0 Å². The Morgan fingerprint density at radius 3 is 0.492 bits per heavy atom. The molecule has 18 aliphatic rings. The van der Waals surface area contributed by atoms with E-state index in [9.17, 15) is 0 Å². The highest BCUT2D eigenvalue weighted by molar-refractivity contribution is 5.27. The average molecular weight is 781 g/mol. The van der Waals surface area contributed by atoms with Crippen molar-refractivity contribution in [2.75, 3.05) is 0 Å². The Morgan fingerprint density at radius 2 is 0.322 bits per heavy atom. The molecule has 18 aliphatic carbocycles. The molecule has 0 N–H and O–H groups in total. The van der Waals surface area contributed by atoms with Crippen LogP contribution in [0.5, 0.6) is 0 Å². The summed E-state index contributed by atoms with van der Waals surface area (Å²) in [5, 5.41) is 0. The van der Waals surface area contributed by atoms with Crippen molar-refractivity contribution in [1.82, 2.24) is 0 Å². The molecular weight excluding hydrogens is 709 g/mol. The SMILES string of the molecule is C1=CC2C=CC1C2.C1=CC2CC1C1C3C=CC(C3)C21.C1=CC2CC1C1CC3C4C=CC(C4)C3CC21.C1=CC2CC1C1CC3C4C=CC(C4)C3CC3C4C=CC(C4)C3CC21. The van der Waals surface area contributed by atoms with Gasteiger partial charge < -0.3 is 0 Å². The molecule has 0 aromatic heterocycles. The Morgan fingerprint density at radius 1 is 0.153 bits per heavy atom. The van der Waals surface area contributed by atoms with Gasteiger partial charge in [0, 0.05) is 0 Å². The van der Waals surface area contributed by atoms with Crippen LogP contribution in [-0.4, -0.2) is 0 Å². The zero-order chi connectivity index (χ0) is 38.1. The van der Waals surface area contributed by atoms with Crippen LogP contribution in [-0.2, 0) is 0 Å². The van der Waals surface area contributed by atoms with Gasteiger partial charge in [-0.05, 0) is 249 Å². The van der Waals surface area contributed by atoms with Crippen LogP contribution in [0.25, 0.3) is 0 Å². The molecule has 0 spiro atoms. The van der Waals surface area contributed by atoms with Gasteiger partial charge in [-0.1, -0.05) is 109 Å². The highest BCUT2D eigenvalue weighted by Gasteiger charge is 2.58. The quantitative estimate of drug-likeness (QED) is 0.170. The molecule has 0 radical (unpaired) electrons. The number of hydrogen-bond acceptors (Lipinski definition) is 0. The van der Waals surface area contributed by atoms with Crippen molar-refractivity contribution >= 4 is 0 Å². The normalized spacial score (nSPS) is 61.4. The first-order valence-corrected chi connectivity index (χ1v) is 26.3. The van der Waals surface area contributed by atoms with Gasteiger partial charge in [0.15, 0.2) is 0 Å².